The second-order valence-electron chi connectivity index (χ2n) is 8.25. The molecule has 0 atom stereocenters. The van der Waals surface area contributed by atoms with Gasteiger partial charge in [-0.3, -0.25) is 0 Å². The monoisotopic (exact) mass is 486 g/mol. The maximum atomic E-state index is 12.1. The van der Waals surface area contributed by atoms with E-state index in [9.17, 15) is 10.1 Å². The third-order valence-electron chi connectivity index (χ3n) is 5.71. The number of benzene rings is 2. The Morgan fingerprint density at radius 3 is 2.57 bits per heavy atom. The summed E-state index contributed by atoms with van der Waals surface area (Å²) < 4.78 is 10.4. The van der Waals surface area contributed by atoms with E-state index in [0.29, 0.717) is 41.6 Å². The van der Waals surface area contributed by atoms with Gasteiger partial charge in [0, 0.05) is 18.1 Å². The van der Waals surface area contributed by atoms with E-state index in [1.165, 1.54) is 0 Å². The normalized spacial score (nSPS) is 14.1. The fraction of sp³-hybridized carbons (Fsp3) is 0.200. The lowest BCUT2D eigenvalue weighted by Crippen LogP contribution is -2.57. The maximum absolute atomic E-state index is 12.1. The van der Waals surface area contributed by atoms with Crippen molar-refractivity contribution in [1.29, 1.82) is 5.26 Å². The minimum absolute atomic E-state index is 0.127. The van der Waals surface area contributed by atoms with Gasteiger partial charge in [-0.2, -0.15) is 10.2 Å². The average molecular weight is 487 g/mol. The van der Waals surface area contributed by atoms with Crippen molar-refractivity contribution in [1.82, 2.24) is 20.3 Å². The van der Waals surface area contributed by atoms with E-state index >= 15 is 0 Å². The predicted octanol–water partition coefficient (Wildman–Crippen LogP) is 4.11. The van der Waals surface area contributed by atoms with Gasteiger partial charge in [0.25, 0.3) is 5.89 Å². The zero-order valence-electron chi connectivity index (χ0n) is 18.5. The first-order chi connectivity index (χ1) is 17.0. The largest absolute Gasteiger partial charge is 0.454 e. The molecule has 174 valence electrons. The Hall–Kier alpha value is -4.29. The van der Waals surface area contributed by atoms with E-state index in [2.05, 4.69) is 26.4 Å². The standard InChI is InChI=1S/C25H19ClN6O3/c26-19-9-5-4-8-18(19)12-25(14-27)15-32(16-25)22-11-10-20(29-30-22)23-28-21(31-35-23)13-34-24(33)17-6-2-1-3-7-17/h1-11H,12-13,15-16H2. The molecule has 2 aromatic heterocycles. The molecular weight excluding hydrogens is 468 g/mol. The van der Waals surface area contributed by atoms with Crippen molar-refractivity contribution in [3.63, 3.8) is 0 Å². The number of ether oxygens (including phenoxy) is 1. The molecule has 1 fully saturated rings. The van der Waals surface area contributed by atoms with Gasteiger partial charge in [0.2, 0.25) is 5.82 Å². The van der Waals surface area contributed by atoms with Gasteiger partial charge in [-0.15, -0.1) is 10.2 Å². The molecule has 35 heavy (non-hydrogen) atoms. The van der Waals surface area contributed by atoms with Crippen LogP contribution >= 0.6 is 11.6 Å². The summed E-state index contributed by atoms with van der Waals surface area (Å²) in [7, 11) is 0. The number of halogens is 1. The van der Waals surface area contributed by atoms with E-state index < -0.39 is 11.4 Å². The van der Waals surface area contributed by atoms with Gasteiger partial charge < -0.3 is 14.2 Å². The van der Waals surface area contributed by atoms with E-state index in [1.807, 2.05) is 35.2 Å². The Kier molecular flexibility index (Phi) is 6.12. The number of nitriles is 1. The summed E-state index contributed by atoms with van der Waals surface area (Å²) in [5.74, 6) is 0.564. The van der Waals surface area contributed by atoms with Crippen molar-refractivity contribution in [3.8, 4) is 17.7 Å². The quantitative estimate of drug-likeness (QED) is 0.355. The summed E-state index contributed by atoms with van der Waals surface area (Å²) in [5, 5.41) is 22.7. The van der Waals surface area contributed by atoms with Crippen LogP contribution in [0.25, 0.3) is 11.6 Å². The van der Waals surface area contributed by atoms with Gasteiger partial charge in [-0.25, -0.2) is 4.79 Å². The lowest BCUT2D eigenvalue weighted by molar-refractivity contribution is 0.0459. The molecule has 0 saturated carbocycles. The first kappa shape index (κ1) is 22.5. The van der Waals surface area contributed by atoms with Gasteiger partial charge in [0.1, 0.15) is 0 Å². The van der Waals surface area contributed by atoms with E-state index in [4.69, 9.17) is 20.9 Å². The number of carbonyl (C=O) groups is 1. The Balaban J connectivity index is 1.19. The second-order valence-corrected chi connectivity index (χ2v) is 8.66. The Morgan fingerprint density at radius 1 is 1.09 bits per heavy atom. The molecule has 0 amide bonds. The van der Waals surface area contributed by atoms with Gasteiger partial charge in [0.05, 0.1) is 17.0 Å². The number of carbonyl (C=O) groups excluding carboxylic acids is 1. The van der Waals surface area contributed by atoms with Crippen LogP contribution in [-0.2, 0) is 17.8 Å². The zero-order valence-corrected chi connectivity index (χ0v) is 19.2. The third-order valence-corrected chi connectivity index (χ3v) is 6.08. The number of esters is 1. The van der Waals surface area contributed by atoms with Crippen LogP contribution in [0.4, 0.5) is 5.82 Å². The van der Waals surface area contributed by atoms with Crippen molar-refractivity contribution in [2.24, 2.45) is 5.41 Å². The molecular formula is C25H19ClN6O3. The molecule has 1 aliphatic rings. The molecule has 0 radical (unpaired) electrons. The van der Waals surface area contributed by atoms with Crippen molar-refractivity contribution >= 4 is 23.4 Å². The van der Waals surface area contributed by atoms with Crippen molar-refractivity contribution in [2.75, 3.05) is 18.0 Å². The predicted molar refractivity (Wildman–Crippen MR) is 126 cm³/mol. The van der Waals surface area contributed by atoms with Crippen LogP contribution in [0, 0.1) is 16.7 Å². The maximum Gasteiger partial charge on any atom is 0.338 e. The van der Waals surface area contributed by atoms with Crippen LogP contribution in [0.5, 0.6) is 0 Å². The Bertz CT molecular complexity index is 1380. The average Bonchev–Trinajstić information content (AvgIpc) is 3.35. The smallest absolute Gasteiger partial charge is 0.338 e. The van der Waals surface area contributed by atoms with Gasteiger partial charge >= 0.3 is 5.97 Å². The summed E-state index contributed by atoms with van der Waals surface area (Å²) >= 11 is 6.27. The van der Waals surface area contributed by atoms with Crippen molar-refractivity contribution in [2.45, 2.75) is 13.0 Å². The molecule has 0 spiro atoms. The topological polar surface area (TPSA) is 118 Å². The Morgan fingerprint density at radius 2 is 1.86 bits per heavy atom. The number of hydrogen-bond acceptors (Lipinski definition) is 9. The summed E-state index contributed by atoms with van der Waals surface area (Å²) in [6.07, 6.45) is 0.574. The molecule has 0 N–H and O–H groups in total. The molecule has 1 saturated heterocycles. The number of rotatable bonds is 7. The van der Waals surface area contributed by atoms with E-state index in [-0.39, 0.29) is 18.3 Å². The lowest BCUT2D eigenvalue weighted by atomic mass is 9.76. The molecule has 0 unspecified atom stereocenters. The molecule has 2 aromatic carbocycles. The summed E-state index contributed by atoms with van der Waals surface area (Å²) in [6, 6.07) is 22.2. The molecule has 3 heterocycles. The Labute approximate surface area is 205 Å². The molecule has 10 heteroatoms. The summed E-state index contributed by atoms with van der Waals surface area (Å²) in [5.41, 5.74) is 1.27. The van der Waals surface area contributed by atoms with Gasteiger partial charge in [-0.05, 0) is 42.3 Å². The molecule has 5 rings (SSSR count). The first-order valence-electron chi connectivity index (χ1n) is 10.8. The number of aromatic nitrogens is 4. The van der Waals surface area contributed by atoms with E-state index in [0.717, 1.165) is 5.56 Å². The van der Waals surface area contributed by atoms with E-state index in [1.54, 1.807) is 36.4 Å². The number of nitrogens with zero attached hydrogens (tertiary/aromatic N) is 6. The van der Waals surface area contributed by atoms with Crippen LogP contribution in [0.3, 0.4) is 0 Å². The van der Waals surface area contributed by atoms with Crippen LogP contribution in [0.1, 0.15) is 21.7 Å². The highest BCUT2D eigenvalue weighted by atomic mass is 35.5. The second kappa shape index (κ2) is 9.52. The molecule has 0 aliphatic carbocycles. The van der Waals surface area contributed by atoms with Gasteiger partial charge in [-0.1, -0.05) is 53.2 Å². The highest BCUT2D eigenvalue weighted by molar-refractivity contribution is 6.31. The molecule has 0 bridgehead atoms. The zero-order chi connectivity index (χ0) is 24.3. The fourth-order valence-corrected chi connectivity index (χ4v) is 4.09. The van der Waals surface area contributed by atoms with Crippen LogP contribution in [-0.4, -0.2) is 39.4 Å². The third kappa shape index (κ3) is 4.83. The highest BCUT2D eigenvalue weighted by Crippen LogP contribution is 2.37. The SMILES string of the molecule is N#CC1(Cc2ccccc2Cl)CN(c2ccc(-c3nc(COC(=O)c4ccccc4)no3)nn2)C1. The first-order valence-corrected chi connectivity index (χ1v) is 11.2. The minimum Gasteiger partial charge on any atom is -0.454 e. The van der Waals surface area contributed by atoms with Crippen molar-refractivity contribution < 1.29 is 14.1 Å². The molecule has 1 aliphatic heterocycles. The van der Waals surface area contributed by atoms with Crippen LogP contribution in [0.15, 0.2) is 71.3 Å². The number of anilines is 1. The summed E-state index contributed by atoms with van der Waals surface area (Å²) in [4.78, 5) is 18.3. The van der Waals surface area contributed by atoms with Crippen LogP contribution in [0.2, 0.25) is 5.02 Å². The van der Waals surface area contributed by atoms with Gasteiger partial charge in [0.15, 0.2) is 18.1 Å². The van der Waals surface area contributed by atoms with Crippen molar-refractivity contribution in [3.05, 3.63) is 88.7 Å². The highest BCUT2D eigenvalue weighted by Gasteiger charge is 2.44. The lowest BCUT2D eigenvalue weighted by Gasteiger charge is -2.46. The molecule has 4 aromatic rings. The van der Waals surface area contributed by atoms with Crippen LogP contribution < -0.4 is 4.90 Å². The molecule has 9 nitrogen and oxygen atoms in total. The fourth-order valence-electron chi connectivity index (χ4n) is 3.89. The summed E-state index contributed by atoms with van der Waals surface area (Å²) in [6.45, 7) is 0.929. The number of hydrogen-bond donors (Lipinski definition) is 0. The minimum atomic E-state index is -0.524.